The zero-order valence-electron chi connectivity index (χ0n) is 16.7. The molecule has 8 nitrogen and oxygen atoms in total. The van der Waals surface area contributed by atoms with E-state index in [1.807, 2.05) is 53.4 Å². The molecule has 0 spiro atoms. The van der Waals surface area contributed by atoms with Crippen LogP contribution in [0.1, 0.15) is 25.0 Å². The molecule has 2 aromatic heterocycles. The molecular formula is C21H26ClN7O. The number of tetrazole rings is 1. The number of pyridine rings is 1. The van der Waals surface area contributed by atoms with E-state index in [0.717, 1.165) is 43.6 Å². The Morgan fingerprint density at radius 1 is 1.10 bits per heavy atom. The third-order valence-electron chi connectivity index (χ3n) is 5.13. The van der Waals surface area contributed by atoms with E-state index in [0.29, 0.717) is 12.4 Å². The Morgan fingerprint density at radius 3 is 2.73 bits per heavy atom. The average Bonchev–Trinajstić information content (AvgIpc) is 3.06. The number of nitrogens with zero attached hydrogens (tertiary/aromatic N) is 6. The maximum atomic E-state index is 13.2. The Bertz CT molecular complexity index is 911. The number of benzene rings is 1. The Kier molecular flexibility index (Phi) is 7.87. The van der Waals surface area contributed by atoms with Gasteiger partial charge < -0.3 is 10.2 Å². The molecule has 1 atom stereocenters. The summed E-state index contributed by atoms with van der Waals surface area (Å²) in [6, 6.07) is 15.6. The number of hydrogen-bond acceptors (Lipinski definition) is 6. The Hall–Kier alpha value is -2.84. The van der Waals surface area contributed by atoms with E-state index >= 15 is 0 Å². The Balaban J connectivity index is 0.00000256. The van der Waals surface area contributed by atoms with Gasteiger partial charge in [0, 0.05) is 17.8 Å². The van der Waals surface area contributed by atoms with Gasteiger partial charge in [-0.3, -0.25) is 9.78 Å². The molecule has 3 heterocycles. The minimum Gasteiger partial charge on any atom is -0.332 e. The summed E-state index contributed by atoms with van der Waals surface area (Å²) in [5.41, 5.74) is 1.76. The van der Waals surface area contributed by atoms with E-state index in [4.69, 9.17) is 0 Å². The van der Waals surface area contributed by atoms with Gasteiger partial charge in [0.2, 0.25) is 11.7 Å². The molecule has 1 fully saturated rings. The molecule has 1 amide bonds. The molecule has 1 aromatic carbocycles. The molecule has 0 aliphatic carbocycles. The summed E-state index contributed by atoms with van der Waals surface area (Å²) in [5, 5.41) is 16.0. The highest BCUT2D eigenvalue weighted by Gasteiger charge is 2.26. The van der Waals surface area contributed by atoms with E-state index in [2.05, 4.69) is 25.7 Å². The first-order valence-corrected chi connectivity index (χ1v) is 10.0. The van der Waals surface area contributed by atoms with Crippen LogP contribution in [0, 0.1) is 0 Å². The number of halogens is 1. The second kappa shape index (κ2) is 10.8. The molecule has 9 heteroatoms. The van der Waals surface area contributed by atoms with E-state index < -0.39 is 0 Å². The number of amides is 1. The quantitative estimate of drug-likeness (QED) is 0.649. The number of carbonyl (C=O) groups excluding carboxylic acids is 1. The second-order valence-electron chi connectivity index (χ2n) is 7.19. The van der Waals surface area contributed by atoms with Crippen LogP contribution in [-0.2, 0) is 17.9 Å². The van der Waals surface area contributed by atoms with Crippen molar-refractivity contribution in [1.82, 2.24) is 35.4 Å². The first kappa shape index (κ1) is 21.9. The minimum atomic E-state index is -0.0143. The fourth-order valence-corrected chi connectivity index (χ4v) is 3.62. The predicted octanol–water partition coefficient (Wildman–Crippen LogP) is 2.33. The zero-order chi connectivity index (χ0) is 19.9. The minimum absolute atomic E-state index is 0. The maximum Gasteiger partial charge on any atom is 0.246 e. The van der Waals surface area contributed by atoms with Crippen LogP contribution in [0.4, 0.5) is 0 Å². The fraction of sp³-hybridized carbons (Fsp3) is 0.381. The summed E-state index contributed by atoms with van der Waals surface area (Å²) in [7, 11) is 0. The number of hydrogen-bond donors (Lipinski definition) is 1. The van der Waals surface area contributed by atoms with Gasteiger partial charge in [-0.15, -0.1) is 22.6 Å². The van der Waals surface area contributed by atoms with Crippen molar-refractivity contribution in [2.24, 2.45) is 0 Å². The summed E-state index contributed by atoms with van der Waals surface area (Å²) in [5.74, 6) is 0.507. The lowest BCUT2D eigenvalue weighted by Crippen LogP contribution is -2.42. The highest BCUT2D eigenvalue weighted by Crippen LogP contribution is 2.17. The number of aromatic nitrogens is 5. The predicted molar refractivity (Wildman–Crippen MR) is 116 cm³/mol. The van der Waals surface area contributed by atoms with Crippen molar-refractivity contribution in [3.63, 3.8) is 0 Å². The number of rotatable bonds is 6. The molecule has 0 radical (unpaired) electrons. The van der Waals surface area contributed by atoms with Crippen LogP contribution >= 0.6 is 12.4 Å². The van der Waals surface area contributed by atoms with E-state index in [-0.39, 0.29) is 30.9 Å². The van der Waals surface area contributed by atoms with Gasteiger partial charge in [0.25, 0.3) is 0 Å². The normalized spacial score (nSPS) is 16.3. The molecule has 0 bridgehead atoms. The first-order valence-electron chi connectivity index (χ1n) is 10.0. The molecule has 0 saturated carbocycles. The van der Waals surface area contributed by atoms with Crippen molar-refractivity contribution < 1.29 is 4.79 Å². The van der Waals surface area contributed by atoms with E-state index in [9.17, 15) is 4.79 Å². The van der Waals surface area contributed by atoms with Crippen LogP contribution in [0.3, 0.4) is 0 Å². The molecule has 1 aliphatic rings. The highest BCUT2D eigenvalue weighted by atomic mass is 35.5. The molecule has 1 saturated heterocycles. The lowest BCUT2D eigenvalue weighted by molar-refractivity contribution is -0.135. The van der Waals surface area contributed by atoms with Crippen LogP contribution in [0.2, 0.25) is 0 Å². The topological polar surface area (TPSA) is 88.8 Å². The highest BCUT2D eigenvalue weighted by molar-refractivity contribution is 5.85. The van der Waals surface area contributed by atoms with Crippen LogP contribution < -0.4 is 5.32 Å². The fourth-order valence-electron chi connectivity index (χ4n) is 3.62. The molecular weight excluding hydrogens is 402 g/mol. The number of carbonyl (C=O) groups is 1. The lowest BCUT2D eigenvalue weighted by Gasteiger charge is -2.30. The Labute approximate surface area is 182 Å². The van der Waals surface area contributed by atoms with Crippen LogP contribution in [-0.4, -0.2) is 55.1 Å². The third kappa shape index (κ3) is 5.61. The van der Waals surface area contributed by atoms with Crippen molar-refractivity contribution >= 4 is 18.3 Å². The molecule has 3 aromatic rings. The van der Waals surface area contributed by atoms with Crippen molar-refractivity contribution in [3.8, 4) is 11.4 Å². The second-order valence-corrected chi connectivity index (χ2v) is 7.19. The standard InChI is InChI=1S/C21H25N7O.ClH/c29-20(16-28-25-21(24-26-28)17-7-2-1-3-8-17)27(15-18-9-4-5-13-23-18)19-10-6-12-22-14-11-19;/h1-5,7-9,13,19,22H,6,10-12,14-16H2;1H. The lowest BCUT2D eigenvalue weighted by atomic mass is 10.1. The Morgan fingerprint density at radius 2 is 1.93 bits per heavy atom. The zero-order valence-corrected chi connectivity index (χ0v) is 17.5. The van der Waals surface area contributed by atoms with Crippen molar-refractivity contribution in [2.75, 3.05) is 13.1 Å². The molecule has 30 heavy (non-hydrogen) atoms. The summed E-state index contributed by atoms with van der Waals surface area (Å²) >= 11 is 0. The third-order valence-corrected chi connectivity index (χ3v) is 5.13. The summed E-state index contributed by atoms with van der Waals surface area (Å²) in [6.07, 6.45) is 4.72. The molecule has 4 rings (SSSR count). The molecule has 158 valence electrons. The van der Waals surface area contributed by atoms with Crippen LogP contribution in [0.15, 0.2) is 54.7 Å². The van der Waals surface area contributed by atoms with Gasteiger partial charge >= 0.3 is 0 Å². The van der Waals surface area contributed by atoms with Gasteiger partial charge in [0.15, 0.2) is 0 Å². The van der Waals surface area contributed by atoms with Crippen molar-refractivity contribution in [2.45, 2.75) is 38.4 Å². The van der Waals surface area contributed by atoms with Crippen molar-refractivity contribution in [3.05, 3.63) is 60.4 Å². The van der Waals surface area contributed by atoms with Crippen molar-refractivity contribution in [1.29, 1.82) is 0 Å². The van der Waals surface area contributed by atoms with Gasteiger partial charge in [-0.2, -0.15) is 4.80 Å². The number of nitrogens with one attached hydrogen (secondary N) is 1. The van der Waals surface area contributed by atoms with Gasteiger partial charge in [-0.25, -0.2) is 0 Å². The van der Waals surface area contributed by atoms with Gasteiger partial charge in [0.1, 0.15) is 6.54 Å². The van der Waals surface area contributed by atoms with Gasteiger partial charge in [0.05, 0.1) is 12.2 Å². The SMILES string of the molecule is Cl.O=C(Cn1nnc(-c2ccccc2)n1)N(Cc1ccccn1)C1CCCNCC1. The van der Waals surface area contributed by atoms with E-state index in [1.165, 1.54) is 4.80 Å². The molecule has 1 N–H and O–H groups in total. The largest absolute Gasteiger partial charge is 0.332 e. The first-order chi connectivity index (χ1) is 14.3. The summed E-state index contributed by atoms with van der Waals surface area (Å²) in [6.45, 7) is 2.46. The van der Waals surface area contributed by atoms with Gasteiger partial charge in [-0.05, 0) is 49.7 Å². The molecule has 1 aliphatic heterocycles. The summed E-state index contributed by atoms with van der Waals surface area (Å²) in [4.78, 5) is 20.9. The maximum absolute atomic E-state index is 13.2. The van der Waals surface area contributed by atoms with Gasteiger partial charge in [-0.1, -0.05) is 36.4 Å². The van der Waals surface area contributed by atoms with Crippen LogP contribution in [0.25, 0.3) is 11.4 Å². The smallest absolute Gasteiger partial charge is 0.246 e. The van der Waals surface area contributed by atoms with E-state index in [1.54, 1.807) is 6.20 Å². The summed E-state index contributed by atoms with van der Waals surface area (Å²) < 4.78 is 0. The molecule has 1 unspecified atom stereocenters. The van der Waals surface area contributed by atoms with Crippen LogP contribution in [0.5, 0.6) is 0 Å². The monoisotopic (exact) mass is 427 g/mol. The average molecular weight is 428 g/mol.